The molecular weight excluding hydrogens is 160 g/mol. The molecule has 1 rings (SSSR count). The van der Waals surface area contributed by atoms with E-state index in [0.717, 1.165) is 19.4 Å². The highest BCUT2D eigenvalue weighted by Crippen LogP contribution is 2.01. The molecule has 0 radical (unpaired) electrons. The van der Waals surface area contributed by atoms with Crippen molar-refractivity contribution in [3.63, 3.8) is 0 Å². The summed E-state index contributed by atoms with van der Waals surface area (Å²) in [7, 11) is 0. The van der Waals surface area contributed by atoms with Crippen LogP contribution in [0.15, 0.2) is 0 Å². The standard InChI is InChI=1S/C5H8N2.C4H10.C2H6/c6-4-5-2-1-3-7-5;1-3-4-2;1-2/h5,7H,1-3H2;3-4H2,1-2H3;1-2H3. The van der Waals surface area contributed by atoms with Gasteiger partial charge in [0.25, 0.3) is 0 Å². The molecule has 1 unspecified atom stereocenters. The zero-order valence-corrected chi connectivity index (χ0v) is 9.56. The van der Waals surface area contributed by atoms with E-state index < -0.39 is 0 Å². The third-order valence-electron chi connectivity index (χ3n) is 1.72. The minimum atomic E-state index is 0.153. The molecule has 1 saturated heterocycles. The number of nitriles is 1. The van der Waals surface area contributed by atoms with Crippen LogP contribution in [0.4, 0.5) is 0 Å². The fourth-order valence-corrected chi connectivity index (χ4v) is 0.795. The van der Waals surface area contributed by atoms with Crippen LogP contribution in [-0.2, 0) is 0 Å². The highest BCUT2D eigenvalue weighted by Gasteiger charge is 2.10. The Labute approximate surface area is 83.3 Å². The second-order valence-electron chi connectivity index (χ2n) is 2.78. The van der Waals surface area contributed by atoms with Crippen molar-refractivity contribution in [2.75, 3.05) is 6.54 Å². The third kappa shape index (κ3) is 11.5. The number of hydrogen-bond donors (Lipinski definition) is 1. The van der Waals surface area contributed by atoms with Crippen LogP contribution < -0.4 is 5.32 Å². The number of nitrogens with one attached hydrogen (secondary N) is 1. The molecule has 1 fully saturated rings. The lowest BCUT2D eigenvalue weighted by atomic mass is 10.2. The van der Waals surface area contributed by atoms with E-state index in [4.69, 9.17) is 5.26 Å². The molecule has 2 heteroatoms. The largest absolute Gasteiger partial charge is 0.302 e. The summed E-state index contributed by atoms with van der Waals surface area (Å²) in [5.41, 5.74) is 0. The summed E-state index contributed by atoms with van der Waals surface area (Å²) in [6.45, 7) is 9.39. The van der Waals surface area contributed by atoms with Crippen molar-refractivity contribution in [1.29, 1.82) is 5.26 Å². The normalized spacial score (nSPS) is 18.8. The van der Waals surface area contributed by atoms with Gasteiger partial charge in [-0.05, 0) is 19.4 Å². The average molecular weight is 184 g/mol. The summed E-state index contributed by atoms with van der Waals surface area (Å²) in [4.78, 5) is 0. The topological polar surface area (TPSA) is 35.8 Å². The summed E-state index contributed by atoms with van der Waals surface area (Å²) in [5.74, 6) is 0. The third-order valence-corrected chi connectivity index (χ3v) is 1.72. The monoisotopic (exact) mass is 184 g/mol. The van der Waals surface area contributed by atoms with E-state index in [1.807, 2.05) is 13.8 Å². The minimum absolute atomic E-state index is 0.153. The van der Waals surface area contributed by atoms with Crippen molar-refractivity contribution in [2.24, 2.45) is 0 Å². The maximum atomic E-state index is 8.25. The Kier molecular flexibility index (Phi) is 16.1. The minimum Gasteiger partial charge on any atom is -0.302 e. The summed E-state index contributed by atoms with van der Waals surface area (Å²) < 4.78 is 0. The fraction of sp³-hybridized carbons (Fsp3) is 0.909. The zero-order chi connectivity index (χ0) is 10.5. The highest BCUT2D eigenvalue weighted by molar-refractivity contribution is 4.92. The van der Waals surface area contributed by atoms with Crippen LogP contribution in [0.5, 0.6) is 0 Å². The molecule has 1 heterocycles. The van der Waals surface area contributed by atoms with Crippen LogP contribution in [0.1, 0.15) is 53.4 Å². The molecule has 0 saturated carbocycles. The summed E-state index contributed by atoms with van der Waals surface area (Å²) in [6.07, 6.45) is 4.84. The molecule has 13 heavy (non-hydrogen) atoms. The highest BCUT2D eigenvalue weighted by atomic mass is 14.9. The lowest BCUT2D eigenvalue weighted by Crippen LogP contribution is -2.18. The van der Waals surface area contributed by atoms with Crippen molar-refractivity contribution in [3.05, 3.63) is 0 Å². The first-order chi connectivity index (χ1) is 6.35. The van der Waals surface area contributed by atoms with Crippen molar-refractivity contribution in [1.82, 2.24) is 5.32 Å². The van der Waals surface area contributed by atoms with Gasteiger partial charge in [-0.2, -0.15) is 5.26 Å². The van der Waals surface area contributed by atoms with Gasteiger partial charge < -0.3 is 5.32 Å². The molecule has 0 spiro atoms. The molecule has 0 bridgehead atoms. The Balaban J connectivity index is 0. The lowest BCUT2D eigenvalue weighted by Gasteiger charge is -1.91. The first-order valence-corrected chi connectivity index (χ1v) is 5.48. The van der Waals surface area contributed by atoms with Crippen LogP contribution in [0, 0.1) is 11.3 Å². The summed E-state index contributed by atoms with van der Waals surface area (Å²) in [6, 6.07) is 2.31. The molecule has 0 aromatic carbocycles. The van der Waals surface area contributed by atoms with Crippen molar-refractivity contribution >= 4 is 0 Å². The van der Waals surface area contributed by atoms with Crippen LogP contribution in [-0.4, -0.2) is 12.6 Å². The molecule has 1 N–H and O–H groups in total. The molecule has 2 nitrogen and oxygen atoms in total. The summed E-state index contributed by atoms with van der Waals surface area (Å²) >= 11 is 0. The first-order valence-electron chi connectivity index (χ1n) is 5.48. The number of nitrogens with zero attached hydrogens (tertiary/aromatic N) is 1. The fourth-order valence-electron chi connectivity index (χ4n) is 0.795. The zero-order valence-electron chi connectivity index (χ0n) is 9.56. The van der Waals surface area contributed by atoms with Gasteiger partial charge in [-0.1, -0.05) is 40.5 Å². The Morgan fingerprint density at radius 3 is 2.00 bits per heavy atom. The average Bonchev–Trinajstić information content (AvgIpc) is 2.74. The SMILES string of the molecule is CC.CCCC.N#CC1CCCN1. The van der Waals surface area contributed by atoms with Crippen molar-refractivity contribution in [2.45, 2.75) is 59.4 Å². The van der Waals surface area contributed by atoms with Crippen LogP contribution in [0.25, 0.3) is 0 Å². The van der Waals surface area contributed by atoms with E-state index in [1.165, 1.54) is 12.8 Å². The van der Waals surface area contributed by atoms with Gasteiger partial charge in [0, 0.05) is 0 Å². The predicted molar refractivity (Wildman–Crippen MR) is 58.6 cm³/mol. The van der Waals surface area contributed by atoms with E-state index >= 15 is 0 Å². The van der Waals surface area contributed by atoms with Gasteiger partial charge in [-0.15, -0.1) is 0 Å². The van der Waals surface area contributed by atoms with Gasteiger partial charge in [-0.25, -0.2) is 0 Å². The van der Waals surface area contributed by atoms with Gasteiger partial charge in [0.15, 0.2) is 0 Å². The van der Waals surface area contributed by atoms with Crippen LogP contribution >= 0.6 is 0 Å². The van der Waals surface area contributed by atoms with Gasteiger partial charge in [0.05, 0.1) is 12.1 Å². The molecule has 78 valence electrons. The smallest absolute Gasteiger partial charge is 0.0953 e. The first kappa shape index (κ1) is 14.9. The lowest BCUT2D eigenvalue weighted by molar-refractivity contribution is 0.740. The van der Waals surface area contributed by atoms with E-state index in [2.05, 4.69) is 25.2 Å². The molecule has 1 aliphatic heterocycles. The second kappa shape index (κ2) is 14.0. The van der Waals surface area contributed by atoms with Crippen molar-refractivity contribution in [3.8, 4) is 6.07 Å². The van der Waals surface area contributed by atoms with E-state index in [0.29, 0.717) is 0 Å². The predicted octanol–water partition coefficient (Wildman–Crippen LogP) is 3.09. The number of unbranched alkanes of at least 4 members (excludes halogenated alkanes) is 1. The second-order valence-corrected chi connectivity index (χ2v) is 2.78. The molecular formula is C11H24N2. The number of rotatable bonds is 1. The summed E-state index contributed by atoms with van der Waals surface area (Å²) in [5, 5.41) is 11.3. The van der Waals surface area contributed by atoms with E-state index in [9.17, 15) is 0 Å². The molecule has 1 atom stereocenters. The van der Waals surface area contributed by atoms with Gasteiger partial charge >= 0.3 is 0 Å². The van der Waals surface area contributed by atoms with Crippen LogP contribution in [0.3, 0.4) is 0 Å². The van der Waals surface area contributed by atoms with Gasteiger partial charge in [0.2, 0.25) is 0 Å². The Bertz CT molecular complexity index is 108. The van der Waals surface area contributed by atoms with E-state index in [1.54, 1.807) is 0 Å². The quantitative estimate of drug-likeness (QED) is 0.679. The van der Waals surface area contributed by atoms with Gasteiger partial charge in [-0.3, -0.25) is 0 Å². The molecule has 0 aromatic rings. The Morgan fingerprint density at radius 1 is 1.31 bits per heavy atom. The van der Waals surface area contributed by atoms with Gasteiger partial charge in [0.1, 0.15) is 0 Å². The number of hydrogen-bond acceptors (Lipinski definition) is 2. The molecule has 1 aliphatic rings. The maximum Gasteiger partial charge on any atom is 0.0953 e. The van der Waals surface area contributed by atoms with Crippen molar-refractivity contribution < 1.29 is 0 Å². The van der Waals surface area contributed by atoms with E-state index in [-0.39, 0.29) is 6.04 Å². The molecule has 0 aromatic heterocycles. The Morgan fingerprint density at radius 2 is 1.85 bits per heavy atom. The maximum absolute atomic E-state index is 8.25. The molecule has 0 aliphatic carbocycles. The Hall–Kier alpha value is -0.550. The molecule has 0 amide bonds. The van der Waals surface area contributed by atoms with Crippen LogP contribution in [0.2, 0.25) is 0 Å².